The van der Waals surface area contributed by atoms with Crippen LogP contribution in [0.3, 0.4) is 0 Å². The quantitative estimate of drug-likeness (QED) is 0.872. The van der Waals surface area contributed by atoms with E-state index in [1.165, 1.54) is 10.7 Å². The average molecular weight is 296 g/mol. The topological polar surface area (TPSA) is 63.4 Å². The Hall–Kier alpha value is -1.07. The first-order chi connectivity index (χ1) is 9.34. The van der Waals surface area contributed by atoms with Gasteiger partial charge in [-0.05, 0) is 43.4 Å². The second kappa shape index (κ2) is 5.74. The Morgan fingerprint density at radius 2 is 1.90 bits per heavy atom. The molecule has 1 saturated carbocycles. The maximum absolute atomic E-state index is 12.8. The van der Waals surface area contributed by atoms with E-state index in [1.807, 2.05) is 6.92 Å². The van der Waals surface area contributed by atoms with Gasteiger partial charge in [-0.15, -0.1) is 0 Å². The molecule has 2 unspecified atom stereocenters. The molecule has 0 aliphatic heterocycles. The van der Waals surface area contributed by atoms with Crippen molar-refractivity contribution in [2.24, 2.45) is 5.92 Å². The predicted molar refractivity (Wildman–Crippen MR) is 82.0 cm³/mol. The van der Waals surface area contributed by atoms with Crippen LogP contribution in [-0.4, -0.2) is 25.8 Å². The first kappa shape index (κ1) is 15.3. The molecular weight excluding hydrogens is 272 g/mol. The van der Waals surface area contributed by atoms with E-state index < -0.39 is 10.0 Å². The van der Waals surface area contributed by atoms with Crippen molar-refractivity contribution in [1.82, 2.24) is 4.31 Å². The molecule has 0 aromatic heterocycles. The highest BCUT2D eigenvalue weighted by molar-refractivity contribution is 7.89. The lowest BCUT2D eigenvalue weighted by Gasteiger charge is -2.35. The molecule has 0 bridgehead atoms. The Morgan fingerprint density at radius 1 is 1.25 bits per heavy atom. The standard InChI is InChI=1S/C15H24N2O2S/c1-11-8-9-15(13(16)10-11)20(18,19)17(3)14-7-5-4-6-12(14)2/h8-10,12,14H,4-7,16H2,1-3H3. The van der Waals surface area contributed by atoms with E-state index in [1.54, 1.807) is 25.2 Å². The molecule has 0 amide bonds. The van der Waals surface area contributed by atoms with Crippen LogP contribution in [0.4, 0.5) is 5.69 Å². The zero-order chi connectivity index (χ0) is 14.9. The third-order valence-corrected chi connectivity index (χ3v) is 6.31. The van der Waals surface area contributed by atoms with Gasteiger partial charge in [0, 0.05) is 13.1 Å². The van der Waals surface area contributed by atoms with Gasteiger partial charge in [0.1, 0.15) is 4.90 Å². The highest BCUT2D eigenvalue weighted by Crippen LogP contribution is 2.32. The van der Waals surface area contributed by atoms with Gasteiger partial charge in [-0.25, -0.2) is 8.42 Å². The van der Waals surface area contributed by atoms with Gasteiger partial charge in [0.15, 0.2) is 0 Å². The lowest BCUT2D eigenvalue weighted by Crippen LogP contribution is -2.42. The molecule has 2 rings (SSSR count). The molecule has 1 aliphatic rings. The monoisotopic (exact) mass is 296 g/mol. The van der Waals surface area contributed by atoms with Crippen LogP contribution in [0.2, 0.25) is 0 Å². The molecule has 2 N–H and O–H groups in total. The summed E-state index contributed by atoms with van der Waals surface area (Å²) >= 11 is 0. The maximum atomic E-state index is 12.8. The molecule has 20 heavy (non-hydrogen) atoms. The molecule has 0 radical (unpaired) electrons. The Labute approximate surface area is 122 Å². The molecule has 1 aromatic rings. The second-order valence-electron chi connectivity index (χ2n) is 5.89. The highest BCUT2D eigenvalue weighted by Gasteiger charge is 2.33. The van der Waals surface area contributed by atoms with Crippen LogP contribution in [0.5, 0.6) is 0 Å². The number of hydrogen-bond donors (Lipinski definition) is 1. The van der Waals surface area contributed by atoms with E-state index in [9.17, 15) is 8.42 Å². The Balaban J connectivity index is 2.33. The minimum absolute atomic E-state index is 0.0782. The minimum Gasteiger partial charge on any atom is -0.398 e. The molecule has 5 heteroatoms. The van der Waals surface area contributed by atoms with Crippen molar-refractivity contribution in [2.45, 2.75) is 50.5 Å². The maximum Gasteiger partial charge on any atom is 0.245 e. The van der Waals surface area contributed by atoms with Crippen LogP contribution in [0.25, 0.3) is 0 Å². The van der Waals surface area contributed by atoms with E-state index in [2.05, 4.69) is 6.92 Å². The Kier molecular flexibility index (Phi) is 4.39. The number of nitrogens with two attached hydrogens (primary N) is 1. The molecule has 1 aromatic carbocycles. The van der Waals surface area contributed by atoms with Crippen LogP contribution in [0.1, 0.15) is 38.2 Å². The summed E-state index contributed by atoms with van der Waals surface area (Å²) in [6.45, 7) is 4.04. The number of sulfonamides is 1. The molecule has 0 saturated heterocycles. The number of hydrogen-bond acceptors (Lipinski definition) is 3. The first-order valence-electron chi connectivity index (χ1n) is 7.18. The molecule has 112 valence electrons. The number of rotatable bonds is 3. The zero-order valence-electron chi connectivity index (χ0n) is 12.5. The number of anilines is 1. The number of nitrogen functional groups attached to an aromatic ring is 1. The van der Waals surface area contributed by atoms with Crippen LogP contribution in [0.15, 0.2) is 23.1 Å². The third-order valence-electron chi connectivity index (χ3n) is 4.36. The molecular formula is C15H24N2O2S. The summed E-state index contributed by atoms with van der Waals surface area (Å²) in [6.07, 6.45) is 4.31. The van der Waals surface area contributed by atoms with Gasteiger partial charge in [0.25, 0.3) is 0 Å². The van der Waals surface area contributed by atoms with Crippen molar-refractivity contribution < 1.29 is 8.42 Å². The zero-order valence-corrected chi connectivity index (χ0v) is 13.3. The molecule has 0 spiro atoms. The molecule has 1 aliphatic carbocycles. The fourth-order valence-electron chi connectivity index (χ4n) is 3.07. The van der Waals surface area contributed by atoms with Crippen LogP contribution >= 0.6 is 0 Å². The SMILES string of the molecule is Cc1ccc(S(=O)(=O)N(C)C2CCCCC2C)c(N)c1. The molecule has 1 fully saturated rings. The largest absolute Gasteiger partial charge is 0.398 e. The fourth-order valence-corrected chi connectivity index (χ4v) is 4.65. The Morgan fingerprint density at radius 3 is 2.50 bits per heavy atom. The molecule has 2 atom stereocenters. The van der Waals surface area contributed by atoms with Crippen molar-refractivity contribution in [3.8, 4) is 0 Å². The van der Waals surface area contributed by atoms with Crippen molar-refractivity contribution in [1.29, 1.82) is 0 Å². The first-order valence-corrected chi connectivity index (χ1v) is 8.62. The fraction of sp³-hybridized carbons (Fsp3) is 0.600. The molecule has 4 nitrogen and oxygen atoms in total. The predicted octanol–water partition coefficient (Wildman–Crippen LogP) is 2.78. The van der Waals surface area contributed by atoms with E-state index in [0.717, 1.165) is 24.8 Å². The lowest BCUT2D eigenvalue weighted by atomic mass is 9.86. The van der Waals surface area contributed by atoms with E-state index in [0.29, 0.717) is 11.6 Å². The van der Waals surface area contributed by atoms with Gasteiger partial charge in [-0.2, -0.15) is 4.31 Å². The van der Waals surface area contributed by atoms with Crippen molar-refractivity contribution in [3.05, 3.63) is 23.8 Å². The van der Waals surface area contributed by atoms with Crippen LogP contribution in [-0.2, 0) is 10.0 Å². The number of nitrogens with zero attached hydrogens (tertiary/aromatic N) is 1. The average Bonchev–Trinajstić information content (AvgIpc) is 2.38. The second-order valence-corrected chi connectivity index (χ2v) is 7.86. The summed E-state index contributed by atoms with van der Waals surface area (Å²) in [6, 6.07) is 5.20. The van der Waals surface area contributed by atoms with Gasteiger partial charge in [0.05, 0.1) is 5.69 Å². The summed E-state index contributed by atoms with van der Waals surface area (Å²) in [5.41, 5.74) is 7.21. The summed E-state index contributed by atoms with van der Waals surface area (Å²) in [4.78, 5) is 0.225. The van der Waals surface area contributed by atoms with Crippen LogP contribution in [0, 0.1) is 12.8 Å². The summed E-state index contributed by atoms with van der Waals surface area (Å²) in [5.74, 6) is 0.398. The van der Waals surface area contributed by atoms with E-state index in [-0.39, 0.29) is 10.9 Å². The van der Waals surface area contributed by atoms with Gasteiger partial charge in [-0.3, -0.25) is 0 Å². The van der Waals surface area contributed by atoms with Gasteiger partial charge in [0.2, 0.25) is 10.0 Å². The number of benzene rings is 1. The highest BCUT2D eigenvalue weighted by atomic mass is 32.2. The summed E-state index contributed by atoms with van der Waals surface area (Å²) in [5, 5.41) is 0. The van der Waals surface area contributed by atoms with Crippen molar-refractivity contribution in [2.75, 3.05) is 12.8 Å². The minimum atomic E-state index is -3.51. The van der Waals surface area contributed by atoms with Gasteiger partial charge in [-0.1, -0.05) is 25.8 Å². The van der Waals surface area contributed by atoms with Gasteiger partial charge >= 0.3 is 0 Å². The summed E-state index contributed by atoms with van der Waals surface area (Å²) in [7, 11) is -1.83. The third kappa shape index (κ3) is 2.83. The van der Waals surface area contributed by atoms with E-state index >= 15 is 0 Å². The van der Waals surface area contributed by atoms with Gasteiger partial charge < -0.3 is 5.73 Å². The van der Waals surface area contributed by atoms with Crippen molar-refractivity contribution in [3.63, 3.8) is 0 Å². The Bertz CT molecular complexity index is 584. The summed E-state index contributed by atoms with van der Waals surface area (Å²) < 4.78 is 27.0. The normalized spacial score (nSPS) is 24.0. The number of aryl methyl sites for hydroxylation is 1. The smallest absolute Gasteiger partial charge is 0.245 e. The van der Waals surface area contributed by atoms with E-state index in [4.69, 9.17) is 5.73 Å². The molecule has 0 heterocycles. The van der Waals surface area contributed by atoms with Crippen LogP contribution < -0.4 is 5.73 Å². The lowest BCUT2D eigenvalue weighted by molar-refractivity contribution is 0.213. The van der Waals surface area contributed by atoms with Crippen molar-refractivity contribution >= 4 is 15.7 Å².